The molecule has 2 aromatic carbocycles. The number of carbonyl (C=O) groups is 2. The Morgan fingerprint density at radius 1 is 1.00 bits per heavy atom. The van der Waals surface area contributed by atoms with Gasteiger partial charge in [0, 0.05) is 12.2 Å². The molecule has 1 unspecified atom stereocenters. The van der Waals surface area contributed by atoms with Gasteiger partial charge in [0.05, 0.1) is 7.05 Å². The van der Waals surface area contributed by atoms with Crippen LogP contribution in [0.25, 0.3) is 0 Å². The zero-order valence-electron chi connectivity index (χ0n) is 15.4. The SMILES string of the molecule is Cc1cccc(NC(=O)C[NH+](C)CC(=O)NCc2ccc(F)cc2)c1C. The van der Waals surface area contributed by atoms with Gasteiger partial charge in [-0.3, -0.25) is 9.59 Å². The first kappa shape index (κ1) is 19.6. The van der Waals surface area contributed by atoms with Crippen molar-refractivity contribution in [3.8, 4) is 0 Å². The molecule has 0 aliphatic carbocycles. The predicted molar refractivity (Wildman–Crippen MR) is 99.4 cm³/mol. The molecule has 0 aliphatic heterocycles. The topological polar surface area (TPSA) is 62.6 Å². The van der Waals surface area contributed by atoms with Gasteiger partial charge in [-0.15, -0.1) is 0 Å². The Bertz CT molecular complexity index is 775. The Kier molecular flexibility index (Phi) is 6.86. The molecule has 3 N–H and O–H groups in total. The Labute approximate surface area is 153 Å². The van der Waals surface area contributed by atoms with Crippen molar-refractivity contribution in [1.29, 1.82) is 0 Å². The number of amides is 2. The average Bonchev–Trinajstić information content (AvgIpc) is 2.58. The summed E-state index contributed by atoms with van der Waals surface area (Å²) in [5, 5.41) is 5.67. The van der Waals surface area contributed by atoms with E-state index in [1.54, 1.807) is 19.2 Å². The average molecular weight is 358 g/mol. The third kappa shape index (κ3) is 5.97. The first-order valence-corrected chi connectivity index (χ1v) is 8.53. The molecule has 5 nitrogen and oxygen atoms in total. The molecule has 0 saturated carbocycles. The summed E-state index contributed by atoms with van der Waals surface area (Å²) in [6.07, 6.45) is 0. The molecule has 0 bridgehead atoms. The smallest absolute Gasteiger partial charge is 0.279 e. The summed E-state index contributed by atoms with van der Waals surface area (Å²) in [7, 11) is 1.79. The van der Waals surface area contributed by atoms with E-state index in [0.717, 1.165) is 27.3 Å². The molecular weight excluding hydrogens is 333 g/mol. The molecule has 6 heteroatoms. The van der Waals surface area contributed by atoms with Crippen molar-refractivity contribution in [1.82, 2.24) is 5.32 Å². The number of hydrogen-bond acceptors (Lipinski definition) is 2. The first-order chi connectivity index (χ1) is 12.3. The largest absolute Gasteiger partial charge is 0.347 e. The van der Waals surface area contributed by atoms with Gasteiger partial charge in [0.1, 0.15) is 5.82 Å². The summed E-state index contributed by atoms with van der Waals surface area (Å²) < 4.78 is 12.9. The van der Waals surface area contributed by atoms with E-state index in [9.17, 15) is 14.0 Å². The lowest BCUT2D eigenvalue weighted by atomic mass is 10.1. The van der Waals surface area contributed by atoms with Crippen molar-refractivity contribution < 1.29 is 18.9 Å². The molecule has 26 heavy (non-hydrogen) atoms. The van der Waals surface area contributed by atoms with E-state index in [1.165, 1.54) is 12.1 Å². The summed E-state index contributed by atoms with van der Waals surface area (Å²) in [4.78, 5) is 25.0. The van der Waals surface area contributed by atoms with Gasteiger partial charge in [-0.2, -0.15) is 0 Å². The van der Waals surface area contributed by atoms with Crippen LogP contribution < -0.4 is 15.5 Å². The minimum absolute atomic E-state index is 0.137. The molecule has 0 radical (unpaired) electrons. The second kappa shape index (κ2) is 9.10. The van der Waals surface area contributed by atoms with Crippen LogP contribution in [0.5, 0.6) is 0 Å². The molecule has 138 valence electrons. The number of halogens is 1. The molecule has 0 fully saturated rings. The van der Waals surface area contributed by atoms with Crippen LogP contribution in [0, 0.1) is 19.7 Å². The maximum absolute atomic E-state index is 12.9. The summed E-state index contributed by atoms with van der Waals surface area (Å²) in [5.74, 6) is -0.604. The fourth-order valence-corrected chi connectivity index (χ4v) is 2.56. The van der Waals surface area contributed by atoms with Gasteiger partial charge < -0.3 is 15.5 Å². The van der Waals surface area contributed by atoms with E-state index >= 15 is 0 Å². The molecule has 0 aromatic heterocycles. The van der Waals surface area contributed by atoms with Crippen molar-refractivity contribution in [3.05, 3.63) is 65.0 Å². The van der Waals surface area contributed by atoms with Crippen molar-refractivity contribution in [2.45, 2.75) is 20.4 Å². The quantitative estimate of drug-likeness (QED) is 0.697. The molecule has 0 saturated heterocycles. The second-order valence-electron chi connectivity index (χ2n) is 6.51. The van der Waals surface area contributed by atoms with Gasteiger partial charge in [0.25, 0.3) is 11.8 Å². The van der Waals surface area contributed by atoms with E-state index in [2.05, 4.69) is 10.6 Å². The van der Waals surface area contributed by atoms with Gasteiger partial charge in [-0.05, 0) is 48.7 Å². The summed E-state index contributed by atoms with van der Waals surface area (Å²) >= 11 is 0. The van der Waals surface area contributed by atoms with E-state index < -0.39 is 0 Å². The number of hydrogen-bond donors (Lipinski definition) is 3. The van der Waals surface area contributed by atoms with Crippen LogP contribution in [0.2, 0.25) is 0 Å². The van der Waals surface area contributed by atoms with E-state index in [0.29, 0.717) is 6.54 Å². The van der Waals surface area contributed by atoms with E-state index in [1.807, 2.05) is 32.0 Å². The van der Waals surface area contributed by atoms with Crippen molar-refractivity contribution in [2.24, 2.45) is 0 Å². The number of carbonyl (C=O) groups excluding carboxylic acids is 2. The van der Waals surface area contributed by atoms with Crippen molar-refractivity contribution in [3.63, 3.8) is 0 Å². The Morgan fingerprint density at radius 2 is 1.65 bits per heavy atom. The normalized spacial score (nSPS) is 11.7. The number of likely N-dealkylation sites (N-methyl/N-ethyl adjacent to an activating group) is 1. The minimum Gasteiger partial charge on any atom is -0.347 e. The van der Waals surface area contributed by atoms with Crippen LogP contribution in [0.15, 0.2) is 42.5 Å². The van der Waals surface area contributed by atoms with Gasteiger partial charge in [0.2, 0.25) is 0 Å². The zero-order valence-corrected chi connectivity index (χ0v) is 15.4. The monoisotopic (exact) mass is 358 g/mol. The number of quaternary nitrogens is 1. The summed E-state index contributed by atoms with van der Waals surface area (Å²) in [6, 6.07) is 11.7. The second-order valence-corrected chi connectivity index (χ2v) is 6.51. The molecule has 0 spiro atoms. The number of anilines is 1. The lowest BCUT2D eigenvalue weighted by Gasteiger charge is -2.15. The third-order valence-corrected chi connectivity index (χ3v) is 4.21. The number of benzene rings is 2. The molecule has 2 amide bonds. The molecule has 0 aliphatic rings. The Balaban J connectivity index is 1.77. The predicted octanol–water partition coefficient (Wildman–Crippen LogP) is 1.21. The summed E-state index contributed by atoms with van der Waals surface area (Å²) in [6.45, 7) is 4.66. The van der Waals surface area contributed by atoms with Gasteiger partial charge >= 0.3 is 0 Å². The van der Waals surface area contributed by atoms with Crippen LogP contribution in [0.3, 0.4) is 0 Å². The highest BCUT2D eigenvalue weighted by Crippen LogP contribution is 2.17. The lowest BCUT2D eigenvalue weighted by molar-refractivity contribution is -0.862. The van der Waals surface area contributed by atoms with Crippen LogP contribution in [-0.4, -0.2) is 32.0 Å². The standard InChI is InChI=1S/C20H24FN3O2/c1-14-5-4-6-18(15(14)2)23-20(26)13-24(3)12-19(25)22-11-16-7-9-17(21)10-8-16/h4-10H,11-13H2,1-3H3,(H,22,25)(H,23,26)/p+1. The van der Waals surface area contributed by atoms with Gasteiger partial charge in [-0.25, -0.2) is 4.39 Å². The molecule has 1 atom stereocenters. The van der Waals surface area contributed by atoms with Crippen LogP contribution in [0.4, 0.5) is 10.1 Å². The maximum Gasteiger partial charge on any atom is 0.279 e. The third-order valence-electron chi connectivity index (χ3n) is 4.21. The van der Waals surface area contributed by atoms with E-state index in [4.69, 9.17) is 0 Å². The minimum atomic E-state index is -0.306. The fraction of sp³-hybridized carbons (Fsp3) is 0.300. The molecule has 2 aromatic rings. The van der Waals surface area contributed by atoms with Gasteiger partial charge in [0.15, 0.2) is 13.1 Å². The highest BCUT2D eigenvalue weighted by Gasteiger charge is 2.15. The van der Waals surface area contributed by atoms with Crippen molar-refractivity contribution in [2.75, 3.05) is 25.5 Å². The maximum atomic E-state index is 12.9. The van der Waals surface area contributed by atoms with Crippen LogP contribution in [0.1, 0.15) is 16.7 Å². The molecular formula is C20H25FN3O2+. The molecule has 2 rings (SSSR count). The lowest BCUT2D eigenvalue weighted by Crippen LogP contribution is -3.11. The number of nitrogens with one attached hydrogen (secondary N) is 3. The van der Waals surface area contributed by atoms with Gasteiger partial charge in [-0.1, -0.05) is 24.3 Å². The van der Waals surface area contributed by atoms with Crippen molar-refractivity contribution >= 4 is 17.5 Å². The summed E-state index contributed by atoms with van der Waals surface area (Å²) in [5.41, 5.74) is 3.77. The van der Waals surface area contributed by atoms with E-state index in [-0.39, 0.29) is 30.7 Å². The fourth-order valence-electron chi connectivity index (χ4n) is 2.56. The highest BCUT2D eigenvalue weighted by atomic mass is 19.1. The highest BCUT2D eigenvalue weighted by molar-refractivity contribution is 5.92. The Morgan fingerprint density at radius 3 is 2.35 bits per heavy atom. The molecule has 0 heterocycles. The Hall–Kier alpha value is -2.73. The van der Waals surface area contributed by atoms with Crippen LogP contribution >= 0.6 is 0 Å². The first-order valence-electron chi connectivity index (χ1n) is 8.53. The van der Waals surface area contributed by atoms with Crippen LogP contribution in [-0.2, 0) is 16.1 Å². The number of aryl methyl sites for hydroxylation is 1. The zero-order chi connectivity index (χ0) is 19.1. The number of rotatable bonds is 7.